The largest absolute Gasteiger partial charge is 0.462 e. The molecular formula is C15H14ClNO3. The molecule has 2 aromatic rings. The number of carbonyl (C=O) groups excluding carboxylic acids is 1. The van der Waals surface area contributed by atoms with Crippen molar-refractivity contribution < 1.29 is 14.3 Å². The van der Waals surface area contributed by atoms with E-state index in [4.69, 9.17) is 21.1 Å². The molecule has 1 heterocycles. The zero-order valence-electron chi connectivity index (χ0n) is 11.2. The summed E-state index contributed by atoms with van der Waals surface area (Å²) in [5.41, 5.74) is 1.33. The van der Waals surface area contributed by atoms with Gasteiger partial charge in [0.15, 0.2) is 0 Å². The quantitative estimate of drug-likeness (QED) is 0.631. The van der Waals surface area contributed by atoms with Gasteiger partial charge in [0.25, 0.3) is 0 Å². The number of aromatic nitrogens is 1. The first-order valence-corrected chi connectivity index (χ1v) is 6.55. The first-order chi connectivity index (χ1) is 9.60. The summed E-state index contributed by atoms with van der Waals surface area (Å²) in [5.74, 6) is 0.743. The van der Waals surface area contributed by atoms with E-state index >= 15 is 0 Å². The van der Waals surface area contributed by atoms with E-state index < -0.39 is 0 Å². The molecule has 0 N–H and O–H groups in total. The number of rotatable bonds is 4. The fourth-order valence-corrected chi connectivity index (χ4v) is 1.84. The van der Waals surface area contributed by atoms with Crippen molar-refractivity contribution in [2.45, 2.75) is 13.8 Å². The van der Waals surface area contributed by atoms with Crippen molar-refractivity contribution in [2.24, 2.45) is 0 Å². The Morgan fingerprint density at radius 2 is 2.00 bits per heavy atom. The van der Waals surface area contributed by atoms with Gasteiger partial charge in [-0.15, -0.1) is 0 Å². The van der Waals surface area contributed by atoms with E-state index in [1.165, 1.54) is 0 Å². The molecule has 0 aliphatic carbocycles. The second kappa shape index (κ2) is 6.39. The number of hydrogen-bond donors (Lipinski definition) is 0. The molecule has 0 aliphatic rings. The lowest BCUT2D eigenvalue weighted by Crippen LogP contribution is -2.06. The van der Waals surface area contributed by atoms with Crippen LogP contribution in [-0.2, 0) is 4.74 Å². The third kappa shape index (κ3) is 3.48. The van der Waals surface area contributed by atoms with Crippen LogP contribution in [0.1, 0.15) is 22.8 Å². The van der Waals surface area contributed by atoms with Gasteiger partial charge in [-0.3, -0.25) is 0 Å². The van der Waals surface area contributed by atoms with Crippen LogP contribution in [0.3, 0.4) is 0 Å². The Bertz CT molecular complexity index is 628. The number of halogens is 1. The molecule has 4 nitrogen and oxygen atoms in total. The Balaban J connectivity index is 2.25. The third-order valence-electron chi connectivity index (χ3n) is 2.64. The summed E-state index contributed by atoms with van der Waals surface area (Å²) in [6.45, 7) is 3.95. The topological polar surface area (TPSA) is 48.4 Å². The van der Waals surface area contributed by atoms with E-state index in [2.05, 4.69) is 4.98 Å². The molecule has 0 saturated heterocycles. The molecule has 0 saturated carbocycles. The van der Waals surface area contributed by atoms with E-state index in [1.807, 2.05) is 13.0 Å². The van der Waals surface area contributed by atoms with Gasteiger partial charge in [0, 0.05) is 12.3 Å². The van der Waals surface area contributed by atoms with E-state index in [0.717, 1.165) is 5.56 Å². The predicted octanol–water partition coefficient (Wildman–Crippen LogP) is 4.01. The number of benzene rings is 1. The zero-order chi connectivity index (χ0) is 14.5. The predicted molar refractivity (Wildman–Crippen MR) is 76.5 cm³/mol. The van der Waals surface area contributed by atoms with Crippen molar-refractivity contribution in [2.75, 3.05) is 6.61 Å². The summed E-state index contributed by atoms with van der Waals surface area (Å²) >= 11 is 5.79. The van der Waals surface area contributed by atoms with Crippen LogP contribution in [0.5, 0.6) is 11.5 Å². The first-order valence-electron chi connectivity index (χ1n) is 6.17. The van der Waals surface area contributed by atoms with Gasteiger partial charge in [0.05, 0.1) is 12.2 Å². The lowest BCUT2D eigenvalue weighted by Gasteiger charge is -2.09. The summed E-state index contributed by atoms with van der Waals surface area (Å²) in [6, 6.07) is 8.54. The van der Waals surface area contributed by atoms with Gasteiger partial charge in [-0.2, -0.15) is 0 Å². The van der Waals surface area contributed by atoms with E-state index in [0.29, 0.717) is 28.8 Å². The van der Waals surface area contributed by atoms with Crippen LogP contribution >= 0.6 is 11.6 Å². The highest BCUT2D eigenvalue weighted by atomic mass is 35.5. The van der Waals surface area contributed by atoms with Crippen molar-refractivity contribution in [1.82, 2.24) is 4.98 Å². The molecule has 0 atom stereocenters. The van der Waals surface area contributed by atoms with Crippen molar-refractivity contribution in [1.29, 1.82) is 0 Å². The summed E-state index contributed by atoms with van der Waals surface area (Å²) in [6.07, 6.45) is 1.55. The maximum absolute atomic E-state index is 11.8. The van der Waals surface area contributed by atoms with Gasteiger partial charge in [-0.25, -0.2) is 9.78 Å². The summed E-state index contributed by atoms with van der Waals surface area (Å²) < 4.78 is 10.7. The Hall–Kier alpha value is -2.07. The molecular weight excluding hydrogens is 278 g/mol. The Morgan fingerprint density at radius 1 is 1.25 bits per heavy atom. The molecule has 0 unspecified atom stereocenters. The number of carbonyl (C=O) groups is 1. The fraction of sp³-hybridized carbons (Fsp3) is 0.200. The number of esters is 1. The summed E-state index contributed by atoms with van der Waals surface area (Å²) in [7, 11) is 0. The van der Waals surface area contributed by atoms with Gasteiger partial charge >= 0.3 is 5.97 Å². The number of aryl methyl sites for hydroxylation is 1. The zero-order valence-corrected chi connectivity index (χ0v) is 12.0. The molecule has 1 aromatic heterocycles. The molecule has 0 bridgehead atoms. The smallest absolute Gasteiger partial charge is 0.338 e. The van der Waals surface area contributed by atoms with Gasteiger partial charge in [0.1, 0.15) is 16.7 Å². The summed E-state index contributed by atoms with van der Waals surface area (Å²) in [4.78, 5) is 15.7. The second-order valence-corrected chi connectivity index (χ2v) is 4.50. The minimum absolute atomic E-state index is 0.337. The molecule has 2 rings (SSSR count). The highest BCUT2D eigenvalue weighted by Gasteiger charge is 2.11. The van der Waals surface area contributed by atoms with Crippen LogP contribution in [0, 0.1) is 6.92 Å². The molecule has 20 heavy (non-hydrogen) atoms. The van der Waals surface area contributed by atoms with E-state index in [-0.39, 0.29) is 5.97 Å². The molecule has 0 aliphatic heterocycles. The first kappa shape index (κ1) is 14.3. The normalized spacial score (nSPS) is 10.2. The van der Waals surface area contributed by atoms with E-state index in [9.17, 15) is 4.79 Å². The van der Waals surface area contributed by atoms with Crippen LogP contribution in [0.25, 0.3) is 0 Å². The van der Waals surface area contributed by atoms with Crippen molar-refractivity contribution >= 4 is 17.6 Å². The van der Waals surface area contributed by atoms with E-state index in [1.54, 1.807) is 37.4 Å². The molecule has 0 radical (unpaired) electrons. The van der Waals surface area contributed by atoms with Gasteiger partial charge in [0.2, 0.25) is 0 Å². The number of hydrogen-bond acceptors (Lipinski definition) is 4. The number of ether oxygens (including phenoxy) is 2. The molecule has 0 amide bonds. The second-order valence-electron chi connectivity index (χ2n) is 4.11. The third-order valence-corrected chi connectivity index (χ3v) is 2.84. The monoisotopic (exact) mass is 291 g/mol. The standard InChI is InChI=1S/C15H14ClNO3/c1-3-19-15(18)13-8-11(5-4-10(13)2)20-12-6-7-17-14(16)9-12/h4-9H,3H2,1-2H3. The average molecular weight is 292 g/mol. The summed E-state index contributed by atoms with van der Waals surface area (Å²) in [5, 5.41) is 0.347. The molecule has 104 valence electrons. The minimum atomic E-state index is -0.358. The lowest BCUT2D eigenvalue weighted by atomic mass is 10.1. The maximum Gasteiger partial charge on any atom is 0.338 e. The molecule has 5 heteroatoms. The Labute approximate surface area is 122 Å². The number of nitrogens with zero attached hydrogens (tertiary/aromatic N) is 1. The SMILES string of the molecule is CCOC(=O)c1cc(Oc2ccnc(Cl)c2)ccc1C. The molecule has 0 fully saturated rings. The highest BCUT2D eigenvalue weighted by molar-refractivity contribution is 6.29. The molecule has 0 spiro atoms. The Morgan fingerprint density at radius 3 is 2.70 bits per heavy atom. The number of pyridine rings is 1. The maximum atomic E-state index is 11.8. The van der Waals surface area contributed by atoms with Crippen molar-refractivity contribution in [3.05, 3.63) is 52.8 Å². The van der Waals surface area contributed by atoms with Crippen LogP contribution in [0.2, 0.25) is 5.15 Å². The van der Waals surface area contributed by atoms with Crippen molar-refractivity contribution in [3.63, 3.8) is 0 Å². The molecule has 1 aromatic carbocycles. The average Bonchev–Trinajstić information content (AvgIpc) is 2.41. The van der Waals surface area contributed by atoms with Crippen molar-refractivity contribution in [3.8, 4) is 11.5 Å². The van der Waals surface area contributed by atoms with Gasteiger partial charge < -0.3 is 9.47 Å². The van der Waals surface area contributed by atoms with Gasteiger partial charge in [-0.05, 0) is 37.6 Å². The fourth-order valence-electron chi connectivity index (χ4n) is 1.68. The van der Waals surface area contributed by atoms with Crippen LogP contribution < -0.4 is 4.74 Å². The Kier molecular flexibility index (Phi) is 4.58. The highest BCUT2D eigenvalue weighted by Crippen LogP contribution is 2.25. The minimum Gasteiger partial charge on any atom is -0.462 e. The van der Waals surface area contributed by atoms with Crippen LogP contribution in [0.4, 0.5) is 0 Å². The van der Waals surface area contributed by atoms with Crippen LogP contribution in [0.15, 0.2) is 36.5 Å². The van der Waals surface area contributed by atoms with Crippen LogP contribution in [-0.4, -0.2) is 17.6 Å². The lowest BCUT2D eigenvalue weighted by molar-refractivity contribution is 0.0525. The van der Waals surface area contributed by atoms with Gasteiger partial charge in [-0.1, -0.05) is 17.7 Å².